The number of methoxy groups -OCH3 is 1. The van der Waals surface area contributed by atoms with Crippen LogP contribution >= 0.6 is 11.6 Å². The van der Waals surface area contributed by atoms with Gasteiger partial charge in [-0.25, -0.2) is 9.97 Å². The van der Waals surface area contributed by atoms with Gasteiger partial charge in [-0.15, -0.1) is 0 Å². The topological polar surface area (TPSA) is 85.5 Å². The zero-order chi connectivity index (χ0) is 14.4. The van der Waals surface area contributed by atoms with E-state index in [2.05, 4.69) is 20.2 Å². The molecule has 8 heteroatoms. The standard InChI is InChI=1S/C12H20ClN5O2/c1-19-8-9-16-11(13)10(14)12(17-9)15-2-3-18-4-6-20-7-5-18/h2-8,14H2,1H3,(H,15,16,17). The molecule has 1 aliphatic rings. The molecular formula is C12H20ClN5O2. The minimum atomic E-state index is 0.251. The molecule has 0 spiro atoms. The van der Waals surface area contributed by atoms with Gasteiger partial charge in [-0.2, -0.15) is 0 Å². The van der Waals surface area contributed by atoms with Gasteiger partial charge in [0, 0.05) is 33.3 Å². The maximum atomic E-state index is 5.98. The Morgan fingerprint density at radius 3 is 2.85 bits per heavy atom. The Bertz CT molecular complexity index is 440. The summed E-state index contributed by atoms with van der Waals surface area (Å²) >= 11 is 5.98. The summed E-state index contributed by atoms with van der Waals surface area (Å²) in [5.41, 5.74) is 6.24. The molecule has 2 rings (SSSR count). The van der Waals surface area contributed by atoms with Crippen molar-refractivity contribution < 1.29 is 9.47 Å². The third kappa shape index (κ3) is 4.17. The fraction of sp³-hybridized carbons (Fsp3) is 0.667. The van der Waals surface area contributed by atoms with Crippen LogP contribution in [0.25, 0.3) is 0 Å². The van der Waals surface area contributed by atoms with Crippen LogP contribution in [0.2, 0.25) is 5.15 Å². The molecule has 0 unspecified atom stereocenters. The van der Waals surface area contributed by atoms with Crippen LogP contribution in [0.5, 0.6) is 0 Å². The first-order valence-corrected chi connectivity index (χ1v) is 6.93. The number of hydrogen-bond donors (Lipinski definition) is 2. The van der Waals surface area contributed by atoms with Gasteiger partial charge >= 0.3 is 0 Å². The number of nitrogens with zero attached hydrogens (tertiary/aromatic N) is 3. The first kappa shape index (κ1) is 15.2. The molecule has 20 heavy (non-hydrogen) atoms. The van der Waals surface area contributed by atoms with Crippen molar-refractivity contribution in [2.24, 2.45) is 0 Å². The second-order valence-corrected chi connectivity index (χ2v) is 4.86. The maximum absolute atomic E-state index is 5.98. The predicted octanol–water partition coefficient (Wildman–Crippen LogP) is 0.603. The molecule has 1 aromatic heterocycles. The summed E-state index contributed by atoms with van der Waals surface area (Å²) < 4.78 is 10.3. The molecule has 0 bridgehead atoms. The molecule has 1 aliphatic heterocycles. The van der Waals surface area contributed by atoms with Crippen molar-refractivity contribution in [1.82, 2.24) is 14.9 Å². The lowest BCUT2D eigenvalue weighted by atomic mass is 10.4. The monoisotopic (exact) mass is 301 g/mol. The molecule has 112 valence electrons. The lowest BCUT2D eigenvalue weighted by Gasteiger charge is -2.26. The first-order chi connectivity index (χ1) is 9.70. The Morgan fingerprint density at radius 1 is 1.40 bits per heavy atom. The fourth-order valence-corrected chi connectivity index (χ4v) is 2.16. The zero-order valence-electron chi connectivity index (χ0n) is 11.6. The van der Waals surface area contributed by atoms with Crippen LogP contribution in [-0.4, -0.2) is 61.4 Å². The second kappa shape index (κ2) is 7.58. The lowest BCUT2D eigenvalue weighted by Crippen LogP contribution is -2.39. The number of anilines is 2. The zero-order valence-corrected chi connectivity index (χ0v) is 12.3. The van der Waals surface area contributed by atoms with Gasteiger partial charge in [0.15, 0.2) is 16.8 Å². The normalized spacial score (nSPS) is 16.3. The third-order valence-electron chi connectivity index (χ3n) is 3.04. The van der Waals surface area contributed by atoms with E-state index in [1.165, 1.54) is 0 Å². The maximum Gasteiger partial charge on any atom is 0.158 e. The number of nitrogen functional groups attached to an aromatic ring is 1. The van der Waals surface area contributed by atoms with Gasteiger partial charge in [0.25, 0.3) is 0 Å². The molecule has 1 fully saturated rings. The average molecular weight is 302 g/mol. The molecule has 1 aromatic rings. The van der Waals surface area contributed by atoms with E-state index in [0.717, 1.165) is 39.4 Å². The number of nitrogens with two attached hydrogens (primary N) is 1. The van der Waals surface area contributed by atoms with Gasteiger partial charge < -0.3 is 20.5 Å². The highest BCUT2D eigenvalue weighted by molar-refractivity contribution is 6.32. The second-order valence-electron chi connectivity index (χ2n) is 4.51. The number of rotatable bonds is 6. The van der Waals surface area contributed by atoms with Gasteiger partial charge in [0.1, 0.15) is 12.3 Å². The van der Waals surface area contributed by atoms with Crippen molar-refractivity contribution in [2.75, 3.05) is 57.6 Å². The molecule has 0 amide bonds. The summed E-state index contributed by atoms with van der Waals surface area (Å²) in [6, 6.07) is 0. The van der Waals surface area contributed by atoms with E-state index in [0.29, 0.717) is 23.9 Å². The summed E-state index contributed by atoms with van der Waals surface area (Å²) in [4.78, 5) is 10.7. The minimum Gasteiger partial charge on any atom is -0.393 e. The molecule has 1 saturated heterocycles. The third-order valence-corrected chi connectivity index (χ3v) is 3.33. The van der Waals surface area contributed by atoms with Crippen LogP contribution in [0.1, 0.15) is 5.82 Å². The van der Waals surface area contributed by atoms with Gasteiger partial charge in [-0.3, -0.25) is 4.90 Å². The first-order valence-electron chi connectivity index (χ1n) is 6.55. The van der Waals surface area contributed by atoms with E-state index in [4.69, 9.17) is 26.8 Å². The lowest BCUT2D eigenvalue weighted by molar-refractivity contribution is 0.0398. The van der Waals surface area contributed by atoms with Gasteiger partial charge in [0.2, 0.25) is 0 Å². The van der Waals surface area contributed by atoms with Crippen LogP contribution in [0.3, 0.4) is 0 Å². The van der Waals surface area contributed by atoms with Gasteiger partial charge in [0.05, 0.1) is 13.2 Å². The van der Waals surface area contributed by atoms with Crippen molar-refractivity contribution in [3.63, 3.8) is 0 Å². The van der Waals surface area contributed by atoms with E-state index in [1.807, 2.05) is 0 Å². The average Bonchev–Trinajstić information content (AvgIpc) is 2.45. The summed E-state index contributed by atoms with van der Waals surface area (Å²) in [5.74, 6) is 1.07. The molecule has 3 N–H and O–H groups in total. The highest BCUT2D eigenvalue weighted by Gasteiger charge is 2.12. The number of halogens is 1. The van der Waals surface area contributed by atoms with Crippen molar-refractivity contribution in [3.8, 4) is 0 Å². The van der Waals surface area contributed by atoms with E-state index in [9.17, 15) is 0 Å². The Morgan fingerprint density at radius 2 is 2.15 bits per heavy atom. The predicted molar refractivity (Wildman–Crippen MR) is 77.9 cm³/mol. The van der Waals surface area contributed by atoms with Crippen LogP contribution < -0.4 is 11.1 Å². The van der Waals surface area contributed by atoms with Crippen LogP contribution in [0, 0.1) is 0 Å². The highest BCUT2D eigenvalue weighted by atomic mass is 35.5. The molecular weight excluding hydrogens is 282 g/mol. The molecule has 0 saturated carbocycles. The number of morpholine rings is 1. The SMILES string of the molecule is COCc1nc(Cl)c(N)c(NCCN2CCOCC2)n1. The summed E-state index contributed by atoms with van der Waals surface area (Å²) in [5, 5.41) is 3.45. The summed E-state index contributed by atoms with van der Waals surface area (Å²) in [6.07, 6.45) is 0. The Hall–Kier alpha value is -1.15. The van der Waals surface area contributed by atoms with E-state index in [-0.39, 0.29) is 5.15 Å². The molecule has 0 radical (unpaired) electrons. The highest BCUT2D eigenvalue weighted by Crippen LogP contribution is 2.23. The number of aromatic nitrogens is 2. The fourth-order valence-electron chi connectivity index (χ4n) is 1.97. The number of hydrogen-bond acceptors (Lipinski definition) is 7. The van der Waals surface area contributed by atoms with Crippen LogP contribution in [-0.2, 0) is 16.1 Å². The summed E-state index contributed by atoms with van der Waals surface area (Å²) in [6.45, 7) is 5.44. The minimum absolute atomic E-state index is 0.251. The van der Waals surface area contributed by atoms with Crippen molar-refractivity contribution >= 4 is 23.1 Å². The molecule has 0 aromatic carbocycles. The van der Waals surface area contributed by atoms with Crippen molar-refractivity contribution in [1.29, 1.82) is 0 Å². The smallest absolute Gasteiger partial charge is 0.158 e. The molecule has 2 heterocycles. The number of ether oxygens (including phenoxy) is 2. The largest absolute Gasteiger partial charge is 0.393 e. The van der Waals surface area contributed by atoms with Crippen molar-refractivity contribution in [2.45, 2.75) is 6.61 Å². The molecule has 0 atom stereocenters. The molecule has 7 nitrogen and oxygen atoms in total. The van der Waals surface area contributed by atoms with Gasteiger partial charge in [-0.05, 0) is 0 Å². The Balaban J connectivity index is 1.90. The van der Waals surface area contributed by atoms with Crippen LogP contribution in [0.15, 0.2) is 0 Å². The number of nitrogens with one attached hydrogen (secondary N) is 1. The van der Waals surface area contributed by atoms with Crippen LogP contribution in [0.4, 0.5) is 11.5 Å². The molecule has 0 aliphatic carbocycles. The quantitative estimate of drug-likeness (QED) is 0.744. The van der Waals surface area contributed by atoms with Crippen molar-refractivity contribution in [3.05, 3.63) is 11.0 Å². The summed E-state index contributed by atoms with van der Waals surface area (Å²) in [7, 11) is 1.58. The van der Waals surface area contributed by atoms with Gasteiger partial charge in [-0.1, -0.05) is 11.6 Å². The van der Waals surface area contributed by atoms with E-state index in [1.54, 1.807) is 7.11 Å². The Kier molecular flexibility index (Phi) is 5.78. The van der Waals surface area contributed by atoms with E-state index >= 15 is 0 Å². The Labute approximate surface area is 123 Å². The van der Waals surface area contributed by atoms with E-state index < -0.39 is 0 Å².